The predicted octanol–water partition coefficient (Wildman–Crippen LogP) is 1.85. The molecular formula is C15H23N3O3S. The van der Waals surface area contributed by atoms with E-state index in [1.807, 2.05) is 32.0 Å². The fraction of sp³-hybridized carbons (Fsp3) is 0.533. The molecule has 7 heteroatoms. The Bertz CT molecular complexity index is 650. The third-order valence-electron chi connectivity index (χ3n) is 3.89. The molecule has 6 nitrogen and oxygen atoms in total. The number of nitrogens with zero attached hydrogens (tertiary/aromatic N) is 1. The molecular weight excluding hydrogens is 302 g/mol. The number of anilines is 1. The monoisotopic (exact) mass is 325 g/mol. The molecule has 0 atom stereocenters. The molecule has 1 aromatic carbocycles. The molecule has 0 spiro atoms. The molecule has 1 heterocycles. The Hall–Kier alpha value is -1.60. The number of rotatable bonds is 3. The van der Waals surface area contributed by atoms with Crippen LogP contribution in [0.5, 0.6) is 0 Å². The summed E-state index contributed by atoms with van der Waals surface area (Å²) >= 11 is 0. The molecule has 0 saturated carbocycles. The highest BCUT2D eigenvalue weighted by Gasteiger charge is 2.25. The molecule has 0 bridgehead atoms. The second-order valence-corrected chi connectivity index (χ2v) is 7.84. The number of amides is 2. The second kappa shape index (κ2) is 6.66. The van der Waals surface area contributed by atoms with Gasteiger partial charge in [0.15, 0.2) is 0 Å². The first kappa shape index (κ1) is 16.8. The van der Waals surface area contributed by atoms with Crippen molar-refractivity contribution in [2.75, 3.05) is 24.7 Å². The Morgan fingerprint density at radius 1 is 1.23 bits per heavy atom. The molecule has 0 aliphatic carbocycles. The van der Waals surface area contributed by atoms with Crippen LogP contribution in [0.4, 0.5) is 10.5 Å². The van der Waals surface area contributed by atoms with Crippen molar-refractivity contribution >= 4 is 21.7 Å². The summed E-state index contributed by atoms with van der Waals surface area (Å²) in [7, 11) is -3.13. The number of piperidine rings is 1. The minimum absolute atomic E-state index is 0.00348. The van der Waals surface area contributed by atoms with E-state index in [2.05, 4.69) is 10.6 Å². The zero-order valence-electron chi connectivity index (χ0n) is 13.2. The second-order valence-electron chi connectivity index (χ2n) is 5.85. The summed E-state index contributed by atoms with van der Waals surface area (Å²) in [6.45, 7) is 4.86. The zero-order chi connectivity index (χ0) is 16.3. The Morgan fingerprint density at radius 3 is 2.41 bits per heavy atom. The number of hydrogen-bond donors (Lipinski definition) is 2. The summed E-state index contributed by atoms with van der Waals surface area (Å²) in [5.41, 5.74) is 2.95. The number of sulfonamides is 1. The summed E-state index contributed by atoms with van der Waals surface area (Å²) in [6, 6.07) is 5.61. The van der Waals surface area contributed by atoms with Crippen molar-refractivity contribution in [3.05, 3.63) is 29.3 Å². The van der Waals surface area contributed by atoms with Crippen molar-refractivity contribution in [2.24, 2.45) is 0 Å². The first-order chi connectivity index (χ1) is 10.3. The van der Waals surface area contributed by atoms with E-state index in [9.17, 15) is 13.2 Å². The van der Waals surface area contributed by atoms with Crippen LogP contribution in [0.25, 0.3) is 0 Å². The van der Waals surface area contributed by atoms with Crippen LogP contribution in [0.1, 0.15) is 24.0 Å². The van der Waals surface area contributed by atoms with Crippen LogP contribution < -0.4 is 10.6 Å². The minimum atomic E-state index is -3.13. The third kappa shape index (κ3) is 4.45. The molecule has 2 amide bonds. The molecule has 1 saturated heterocycles. The van der Waals surface area contributed by atoms with E-state index in [4.69, 9.17) is 0 Å². The zero-order valence-corrected chi connectivity index (χ0v) is 14.0. The van der Waals surface area contributed by atoms with Gasteiger partial charge in [-0.15, -0.1) is 0 Å². The number of carbonyl (C=O) groups is 1. The number of benzene rings is 1. The van der Waals surface area contributed by atoms with Crippen molar-refractivity contribution in [1.82, 2.24) is 9.62 Å². The molecule has 22 heavy (non-hydrogen) atoms. The average Bonchev–Trinajstić information content (AvgIpc) is 2.41. The molecule has 2 rings (SSSR count). The maximum absolute atomic E-state index is 12.0. The highest BCUT2D eigenvalue weighted by Crippen LogP contribution is 2.17. The number of nitrogens with one attached hydrogen (secondary N) is 2. The summed E-state index contributed by atoms with van der Waals surface area (Å²) < 4.78 is 24.3. The lowest BCUT2D eigenvalue weighted by molar-refractivity contribution is 0.238. The van der Waals surface area contributed by atoms with Crippen molar-refractivity contribution in [2.45, 2.75) is 32.7 Å². The van der Waals surface area contributed by atoms with Crippen molar-refractivity contribution in [3.8, 4) is 0 Å². The number of urea groups is 1. The Balaban J connectivity index is 1.86. The standard InChI is InChI=1S/C15H23N3O3S/c1-11-4-5-14(12(2)10-11)17-15(19)16-13-6-8-18(9-7-13)22(3,20)21/h4-5,10,13H,6-9H2,1-3H3,(H2,16,17,19). The van der Waals surface area contributed by atoms with Crippen LogP contribution in [0, 0.1) is 13.8 Å². The van der Waals surface area contributed by atoms with Crippen LogP contribution in [0.3, 0.4) is 0 Å². The fourth-order valence-electron chi connectivity index (χ4n) is 2.63. The topological polar surface area (TPSA) is 78.5 Å². The van der Waals surface area contributed by atoms with Crippen molar-refractivity contribution in [3.63, 3.8) is 0 Å². The smallest absolute Gasteiger partial charge is 0.319 e. The largest absolute Gasteiger partial charge is 0.335 e. The van der Waals surface area contributed by atoms with Gasteiger partial charge in [0, 0.05) is 24.8 Å². The van der Waals surface area contributed by atoms with Crippen molar-refractivity contribution in [1.29, 1.82) is 0 Å². The van der Waals surface area contributed by atoms with Gasteiger partial charge in [0.25, 0.3) is 0 Å². The Kier molecular flexibility index (Phi) is 5.08. The lowest BCUT2D eigenvalue weighted by Crippen LogP contribution is -2.47. The number of hydrogen-bond acceptors (Lipinski definition) is 3. The van der Waals surface area contributed by atoms with Gasteiger partial charge in [-0.2, -0.15) is 0 Å². The quantitative estimate of drug-likeness (QED) is 0.890. The van der Waals surface area contributed by atoms with E-state index in [1.54, 1.807) is 0 Å². The summed E-state index contributed by atoms with van der Waals surface area (Å²) in [4.78, 5) is 12.0. The first-order valence-electron chi connectivity index (χ1n) is 7.35. The van der Waals surface area contributed by atoms with Gasteiger partial charge < -0.3 is 10.6 Å². The van der Waals surface area contributed by atoms with Crippen LogP contribution in [-0.2, 0) is 10.0 Å². The minimum Gasteiger partial charge on any atom is -0.335 e. The maximum atomic E-state index is 12.0. The van der Waals surface area contributed by atoms with Gasteiger partial charge in [0.05, 0.1) is 6.26 Å². The van der Waals surface area contributed by atoms with Crippen LogP contribution in [-0.4, -0.2) is 44.1 Å². The summed E-state index contributed by atoms with van der Waals surface area (Å²) in [6.07, 6.45) is 2.48. The van der Waals surface area contributed by atoms with Crippen molar-refractivity contribution < 1.29 is 13.2 Å². The molecule has 1 aromatic rings. The first-order valence-corrected chi connectivity index (χ1v) is 9.20. The Morgan fingerprint density at radius 2 is 1.86 bits per heavy atom. The highest BCUT2D eigenvalue weighted by atomic mass is 32.2. The molecule has 0 unspecified atom stereocenters. The van der Waals surface area contributed by atoms with Gasteiger partial charge in [-0.05, 0) is 38.3 Å². The van der Waals surface area contributed by atoms with E-state index in [-0.39, 0.29) is 12.1 Å². The van der Waals surface area contributed by atoms with Gasteiger partial charge in [0.1, 0.15) is 0 Å². The van der Waals surface area contributed by atoms with Gasteiger partial charge in [-0.3, -0.25) is 0 Å². The van der Waals surface area contributed by atoms with E-state index in [1.165, 1.54) is 10.6 Å². The fourth-order valence-corrected chi connectivity index (χ4v) is 3.50. The van der Waals surface area contributed by atoms with Gasteiger partial charge in [0.2, 0.25) is 10.0 Å². The molecule has 1 aliphatic heterocycles. The molecule has 1 aliphatic rings. The Labute approximate surface area is 131 Å². The van der Waals surface area contributed by atoms with Crippen LogP contribution in [0.15, 0.2) is 18.2 Å². The molecule has 2 N–H and O–H groups in total. The lowest BCUT2D eigenvalue weighted by atomic mass is 10.1. The van der Waals surface area contributed by atoms with E-state index in [0.29, 0.717) is 25.9 Å². The average molecular weight is 325 g/mol. The maximum Gasteiger partial charge on any atom is 0.319 e. The van der Waals surface area contributed by atoms with E-state index in [0.717, 1.165) is 16.8 Å². The number of aryl methyl sites for hydroxylation is 2. The summed E-state index contributed by atoms with van der Waals surface area (Å²) in [5, 5.41) is 5.75. The molecule has 122 valence electrons. The molecule has 0 radical (unpaired) electrons. The SMILES string of the molecule is Cc1ccc(NC(=O)NC2CCN(S(C)(=O)=O)CC2)c(C)c1. The van der Waals surface area contributed by atoms with Gasteiger partial charge in [-0.25, -0.2) is 17.5 Å². The van der Waals surface area contributed by atoms with E-state index >= 15 is 0 Å². The highest BCUT2D eigenvalue weighted by molar-refractivity contribution is 7.88. The van der Waals surface area contributed by atoms with Crippen LogP contribution >= 0.6 is 0 Å². The number of carbonyl (C=O) groups excluding carboxylic acids is 1. The van der Waals surface area contributed by atoms with Gasteiger partial charge in [-0.1, -0.05) is 17.7 Å². The normalized spacial score (nSPS) is 17.2. The predicted molar refractivity (Wildman–Crippen MR) is 87.5 cm³/mol. The summed E-state index contributed by atoms with van der Waals surface area (Å²) in [5.74, 6) is 0. The molecule has 1 fully saturated rings. The lowest BCUT2D eigenvalue weighted by Gasteiger charge is -2.30. The third-order valence-corrected chi connectivity index (χ3v) is 5.19. The molecule has 0 aromatic heterocycles. The van der Waals surface area contributed by atoms with Gasteiger partial charge >= 0.3 is 6.03 Å². The van der Waals surface area contributed by atoms with Crippen LogP contribution in [0.2, 0.25) is 0 Å². The van der Waals surface area contributed by atoms with E-state index < -0.39 is 10.0 Å².